The number of rotatable bonds is 26. The second-order valence-corrected chi connectivity index (χ2v) is 19.6. The van der Waals surface area contributed by atoms with Crippen LogP contribution in [0.3, 0.4) is 0 Å². The Labute approximate surface area is 366 Å². The largest absolute Gasteiger partial charge is 0.445 e. The summed E-state index contributed by atoms with van der Waals surface area (Å²) >= 11 is 0. The smallest absolute Gasteiger partial charge is 0.408 e. The van der Waals surface area contributed by atoms with Gasteiger partial charge in [0.1, 0.15) is 24.7 Å². The monoisotopic (exact) mass is 882 g/mol. The Hall–Kier alpha value is -5.08. The minimum Gasteiger partial charge on any atom is -0.445 e. The van der Waals surface area contributed by atoms with Gasteiger partial charge in [-0.3, -0.25) is 38.2 Å². The van der Waals surface area contributed by atoms with Crippen molar-refractivity contribution in [2.75, 3.05) is 32.6 Å². The van der Waals surface area contributed by atoms with E-state index in [0.29, 0.717) is 36.8 Å². The van der Waals surface area contributed by atoms with Crippen LogP contribution in [-0.4, -0.2) is 97.2 Å². The molecule has 3 rings (SSSR count). The molecule has 1 aliphatic heterocycles. The zero-order chi connectivity index (χ0) is 46.0. The van der Waals surface area contributed by atoms with E-state index in [1.54, 1.807) is 55.5 Å². The lowest BCUT2D eigenvalue weighted by molar-refractivity contribution is -0.131. The fraction of sp³-hybridized carbons (Fsp3) is 0.578. The van der Waals surface area contributed by atoms with Gasteiger partial charge in [0, 0.05) is 25.7 Å². The molecule has 0 spiro atoms. The van der Waals surface area contributed by atoms with Gasteiger partial charge in [-0.25, -0.2) is 4.79 Å². The van der Waals surface area contributed by atoms with Gasteiger partial charge in [-0.05, 0) is 80.9 Å². The first-order valence-corrected chi connectivity index (χ1v) is 23.6. The van der Waals surface area contributed by atoms with Gasteiger partial charge in [0.05, 0.1) is 24.0 Å². The van der Waals surface area contributed by atoms with E-state index in [4.69, 9.17) is 9.26 Å². The molecule has 0 aliphatic carbocycles. The average molecular weight is 883 g/mol. The maximum absolute atomic E-state index is 14.4. The van der Waals surface area contributed by atoms with Crippen molar-refractivity contribution in [1.82, 2.24) is 31.5 Å². The Morgan fingerprint density at radius 2 is 1.23 bits per heavy atom. The Balaban J connectivity index is 1.75. The molecule has 0 saturated heterocycles. The highest BCUT2D eigenvalue weighted by Gasteiger charge is 2.37. The van der Waals surface area contributed by atoms with Crippen molar-refractivity contribution in [3.63, 3.8) is 0 Å². The van der Waals surface area contributed by atoms with Gasteiger partial charge in [0.25, 0.3) is 11.8 Å². The van der Waals surface area contributed by atoms with E-state index in [1.165, 1.54) is 7.05 Å². The van der Waals surface area contributed by atoms with Crippen molar-refractivity contribution in [1.29, 1.82) is 0 Å². The zero-order valence-corrected chi connectivity index (χ0v) is 38.4. The molecular weight excluding hydrogens is 816 g/mol. The zero-order valence-electron chi connectivity index (χ0n) is 37.5. The van der Waals surface area contributed by atoms with Crippen LogP contribution in [0.15, 0.2) is 54.6 Å². The predicted molar refractivity (Wildman–Crippen MR) is 236 cm³/mol. The first-order valence-electron chi connectivity index (χ1n) is 21.6. The topological polar surface area (TPSA) is 218 Å². The molecule has 0 fully saturated rings. The van der Waals surface area contributed by atoms with Gasteiger partial charge in [-0.15, -0.1) is 0 Å². The molecule has 17 heteroatoms. The quantitative estimate of drug-likeness (QED) is 0.0447. The SMILES string of the molecule is CCOP(=O)(CNC(=O)[C@H](CC(C)C)NC(=O)[C@H](CCCCN1C(=O)c2ccccc2C1=O)NC(=O)OCc1ccccc1)CC(CC(C)C)C(=O)N[C@@H](CC(C)C)C(=O)NC. The number of fused-ring (bicyclic) bond motifs is 1. The van der Waals surface area contributed by atoms with E-state index >= 15 is 0 Å². The highest BCUT2D eigenvalue weighted by atomic mass is 31.2. The maximum atomic E-state index is 14.4. The molecule has 16 nitrogen and oxygen atoms in total. The van der Waals surface area contributed by atoms with Crippen LogP contribution < -0.4 is 26.6 Å². The van der Waals surface area contributed by atoms with Crippen LogP contribution in [0.2, 0.25) is 0 Å². The highest BCUT2D eigenvalue weighted by molar-refractivity contribution is 7.59. The minimum atomic E-state index is -3.71. The molecule has 0 aromatic heterocycles. The number of hydrogen-bond acceptors (Lipinski definition) is 10. The third-order valence-electron chi connectivity index (χ3n) is 10.2. The Bertz CT molecular complexity index is 1860. The number of likely N-dealkylation sites (N-methyl/N-ethyl adjacent to an activating group) is 1. The van der Waals surface area contributed by atoms with E-state index in [0.717, 1.165) is 10.5 Å². The van der Waals surface area contributed by atoms with E-state index < -0.39 is 73.3 Å². The number of carbonyl (C=O) groups is 7. The second kappa shape index (κ2) is 25.1. The first-order chi connectivity index (χ1) is 29.4. The number of benzene rings is 2. The van der Waals surface area contributed by atoms with Crippen molar-refractivity contribution in [2.24, 2.45) is 23.7 Å². The fourth-order valence-electron chi connectivity index (χ4n) is 7.27. The lowest BCUT2D eigenvalue weighted by atomic mass is 9.96. The molecule has 7 amide bonds. The summed E-state index contributed by atoms with van der Waals surface area (Å²) in [6, 6.07) is 12.5. The van der Waals surface area contributed by atoms with Crippen LogP contribution in [0, 0.1) is 23.7 Å². The third-order valence-corrected chi connectivity index (χ3v) is 12.6. The summed E-state index contributed by atoms with van der Waals surface area (Å²) in [5.74, 6) is -3.59. The standard InChI is InChI=1S/C45H67N6O10P/c1-9-61-62(59,27-33(23-29(2)3)39(52)48-37(24-30(4)5)40(53)46-8)28-47-41(54)38(25-31(6)7)49-42(55)36(50-45(58)60-26-32-17-11-10-12-18-32)21-15-16-22-51-43(56)34-19-13-14-20-35(34)44(51)57/h10-14,17-20,29-31,33,36-38H,9,15-16,21-28H2,1-8H3,(H,46,53)(H,47,54)(H,48,52)(H,49,55)(H,50,58)/t33?,36-,37-,38-,62?/m0/s1. The number of unbranched alkanes of at least 4 members (excludes halogenated alkanes) is 1. The van der Waals surface area contributed by atoms with Gasteiger partial charge in [0.15, 0.2) is 0 Å². The van der Waals surface area contributed by atoms with Gasteiger partial charge in [-0.2, -0.15) is 0 Å². The molecule has 0 bridgehead atoms. The molecule has 5 atom stereocenters. The van der Waals surface area contributed by atoms with E-state index in [2.05, 4.69) is 26.6 Å². The number of carbonyl (C=O) groups excluding carboxylic acids is 7. The van der Waals surface area contributed by atoms with E-state index in [9.17, 15) is 38.1 Å². The van der Waals surface area contributed by atoms with Crippen LogP contribution in [0.25, 0.3) is 0 Å². The average Bonchev–Trinajstić information content (AvgIpc) is 3.46. The lowest BCUT2D eigenvalue weighted by Crippen LogP contribution is -2.54. The van der Waals surface area contributed by atoms with Crippen LogP contribution in [0.4, 0.5) is 4.79 Å². The van der Waals surface area contributed by atoms with Gasteiger partial charge in [-0.1, -0.05) is 84.0 Å². The highest BCUT2D eigenvalue weighted by Crippen LogP contribution is 2.48. The third kappa shape index (κ3) is 16.3. The molecule has 2 aromatic carbocycles. The summed E-state index contributed by atoms with van der Waals surface area (Å²) < 4.78 is 25.6. The number of nitrogens with zero attached hydrogens (tertiary/aromatic N) is 1. The molecule has 2 aromatic rings. The molecular formula is C45H67N6O10P. The first kappa shape index (κ1) is 51.3. The van der Waals surface area contributed by atoms with Crippen molar-refractivity contribution in [3.8, 4) is 0 Å². The van der Waals surface area contributed by atoms with Crippen LogP contribution in [-0.2, 0) is 39.6 Å². The van der Waals surface area contributed by atoms with Crippen molar-refractivity contribution in [2.45, 2.75) is 112 Å². The lowest BCUT2D eigenvalue weighted by Gasteiger charge is -2.28. The van der Waals surface area contributed by atoms with Crippen LogP contribution in [0.5, 0.6) is 0 Å². The number of ether oxygens (including phenoxy) is 1. The van der Waals surface area contributed by atoms with E-state index in [-0.39, 0.29) is 62.4 Å². The Morgan fingerprint density at radius 1 is 0.677 bits per heavy atom. The fourth-order valence-corrected chi connectivity index (χ4v) is 9.45. The molecule has 0 radical (unpaired) electrons. The maximum Gasteiger partial charge on any atom is 0.408 e. The molecule has 0 saturated carbocycles. The summed E-state index contributed by atoms with van der Waals surface area (Å²) in [7, 11) is -2.21. The predicted octanol–water partition coefficient (Wildman–Crippen LogP) is 5.61. The number of nitrogens with one attached hydrogen (secondary N) is 5. The van der Waals surface area contributed by atoms with Crippen molar-refractivity contribution < 1.29 is 47.4 Å². The van der Waals surface area contributed by atoms with Crippen LogP contribution >= 0.6 is 7.37 Å². The summed E-state index contributed by atoms with van der Waals surface area (Å²) in [6.45, 7) is 13.2. The van der Waals surface area contributed by atoms with Gasteiger partial charge in [0.2, 0.25) is 31.0 Å². The molecule has 342 valence electrons. The number of amides is 7. The second-order valence-electron chi connectivity index (χ2n) is 17.0. The summed E-state index contributed by atoms with van der Waals surface area (Å²) in [6.07, 6.45) is 0.221. The molecule has 62 heavy (non-hydrogen) atoms. The Kier molecular flexibility index (Phi) is 20.8. The summed E-state index contributed by atoms with van der Waals surface area (Å²) in [5.41, 5.74) is 1.40. The van der Waals surface area contributed by atoms with Gasteiger partial charge < -0.3 is 35.8 Å². The van der Waals surface area contributed by atoms with Crippen molar-refractivity contribution >= 4 is 48.9 Å². The molecule has 5 N–H and O–H groups in total. The molecule has 2 unspecified atom stereocenters. The Morgan fingerprint density at radius 3 is 1.77 bits per heavy atom. The van der Waals surface area contributed by atoms with Crippen molar-refractivity contribution in [3.05, 3.63) is 71.3 Å². The number of hydrogen-bond donors (Lipinski definition) is 5. The molecule has 1 heterocycles. The number of alkyl carbamates (subject to hydrolysis) is 1. The normalized spacial score (nSPS) is 15.3. The van der Waals surface area contributed by atoms with Gasteiger partial charge >= 0.3 is 6.09 Å². The summed E-state index contributed by atoms with van der Waals surface area (Å²) in [4.78, 5) is 94.2. The van der Waals surface area contributed by atoms with E-state index in [1.807, 2.05) is 47.6 Å². The summed E-state index contributed by atoms with van der Waals surface area (Å²) in [5, 5.41) is 13.5. The number of imide groups is 1. The van der Waals surface area contributed by atoms with Crippen LogP contribution in [0.1, 0.15) is 113 Å². The molecule has 1 aliphatic rings. The minimum absolute atomic E-state index is 0.0316.